The third kappa shape index (κ3) is 1.63. The van der Waals surface area contributed by atoms with E-state index in [9.17, 15) is 4.79 Å². The van der Waals surface area contributed by atoms with Gasteiger partial charge in [0.1, 0.15) is 0 Å². The summed E-state index contributed by atoms with van der Waals surface area (Å²) in [6.45, 7) is 3.95. The zero-order valence-corrected chi connectivity index (χ0v) is 7.88. The van der Waals surface area contributed by atoms with Gasteiger partial charge >= 0.3 is 6.03 Å². The summed E-state index contributed by atoms with van der Waals surface area (Å²) < 4.78 is 0. The van der Waals surface area contributed by atoms with E-state index in [1.165, 1.54) is 6.42 Å². The van der Waals surface area contributed by atoms with Gasteiger partial charge in [-0.1, -0.05) is 0 Å². The van der Waals surface area contributed by atoms with E-state index in [0.29, 0.717) is 5.41 Å². The molecule has 2 saturated heterocycles. The van der Waals surface area contributed by atoms with Crippen molar-refractivity contribution in [2.75, 3.05) is 26.2 Å². The monoisotopic (exact) mass is 183 g/mol. The molecule has 0 aliphatic carbocycles. The molecule has 2 aliphatic heterocycles. The molecule has 2 amide bonds. The number of nitrogens with two attached hydrogens (primary N) is 1. The number of nitrogens with zero attached hydrogens (tertiary/aromatic N) is 1. The molecule has 2 heterocycles. The standard InChI is InChI=1S/C9H17N3O/c10-8(13)12-5-2-9(3-6-12)1-4-11-7-9/h11H,1-7H2,(H2,10,13). The van der Waals surface area contributed by atoms with Gasteiger partial charge in [0, 0.05) is 19.6 Å². The lowest BCUT2D eigenvalue weighted by molar-refractivity contribution is 0.134. The highest BCUT2D eigenvalue weighted by atomic mass is 16.2. The highest BCUT2D eigenvalue weighted by Gasteiger charge is 2.37. The topological polar surface area (TPSA) is 58.4 Å². The number of urea groups is 1. The molecule has 2 fully saturated rings. The van der Waals surface area contributed by atoms with Gasteiger partial charge in [0.15, 0.2) is 0 Å². The summed E-state index contributed by atoms with van der Waals surface area (Å²) in [5.74, 6) is 0. The maximum atomic E-state index is 10.9. The lowest BCUT2D eigenvalue weighted by Gasteiger charge is -2.38. The van der Waals surface area contributed by atoms with E-state index in [0.717, 1.165) is 39.0 Å². The van der Waals surface area contributed by atoms with Crippen molar-refractivity contribution in [3.05, 3.63) is 0 Å². The van der Waals surface area contributed by atoms with Crippen LogP contribution in [0.5, 0.6) is 0 Å². The van der Waals surface area contributed by atoms with E-state index in [4.69, 9.17) is 5.73 Å². The largest absolute Gasteiger partial charge is 0.351 e. The second kappa shape index (κ2) is 3.18. The molecule has 2 rings (SSSR count). The van der Waals surface area contributed by atoms with Gasteiger partial charge in [0.2, 0.25) is 0 Å². The first-order valence-corrected chi connectivity index (χ1v) is 4.97. The Morgan fingerprint density at radius 1 is 1.31 bits per heavy atom. The lowest BCUT2D eigenvalue weighted by Crippen LogP contribution is -2.46. The minimum Gasteiger partial charge on any atom is -0.351 e. The molecule has 74 valence electrons. The van der Waals surface area contributed by atoms with Crippen LogP contribution in [-0.4, -0.2) is 37.1 Å². The van der Waals surface area contributed by atoms with Gasteiger partial charge < -0.3 is 16.0 Å². The zero-order chi connectivity index (χ0) is 9.31. The molecule has 0 radical (unpaired) electrons. The Morgan fingerprint density at radius 2 is 2.00 bits per heavy atom. The first-order valence-electron chi connectivity index (χ1n) is 4.97. The van der Waals surface area contributed by atoms with Gasteiger partial charge in [-0.25, -0.2) is 4.79 Å². The number of nitrogens with one attached hydrogen (secondary N) is 1. The first kappa shape index (κ1) is 8.81. The summed E-state index contributed by atoms with van der Waals surface area (Å²) in [5.41, 5.74) is 5.70. The summed E-state index contributed by atoms with van der Waals surface area (Å²) in [4.78, 5) is 12.6. The number of rotatable bonds is 0. The second-order valence-electron chi connectivity index (χ2n) is 4.25. The molecule has 0 aromatic carbocycles. The Balaban J connectivity index is 1.91. The number of primary amides is 1. The summed E-state index contributed by atoms with van der Waals surface area (Å²) in [7, 11) is 0. The van der Waals surface area contributed by atoms with E-state index in [2.05, 4.69) is 5.32 Å². The van der Waals surface area contributed by atoms with Crippen LogP contribution in [0.3, 0.4) is 0 Å². The minimum atomic E-state index is -0.263. The van der Waals surface area contributed by atoms with E-state index in [-0.39, 0.29) is 6.03 Å². The van der Waals surface area contributed by atoms with E-state index < -0.39 is 0 Å². The molecular formula is C9H17N3O. The molecular weight excluding hydrogens is 166 g/mol. The van der Waals surface area contributed by atoms with Crippen molar-refractivity contribution >= 4 is 6.03 Å². The number of hydrogen-bond donors (Lipinski definition) is 2. The van der Waals surface area contributed by atoms with Crippen molar-refractivity contribution in [2.45, 2.75) is 19.3 Å². The summed E-state index contributed by atoms with van der Waals surface area (Å²) >= 11 is 0. The van der Waals surface area contributed by atoms with Crippen molar-refractivity contribution in [3.8, 4) is 0 Å². The molecule has 0 saturated carbocycles. The minimum absolute atomic E-state index is 0.263. The molecule has 4 heteroatoms. The van der Waals surface area contributed by atoms with Gasteiger partial charge in [-0.05, 0) is 31.2 Å². The van der Waals surface area contributed by atoms with Gasteiger partial charge in [-0.3, -0.25) is 0 Å². The number of likely N-dealkylation sites (tertiary alicyclic amines) is 1. The first-order chi connectivity index (χ1) is 6.22. The molecule has 0 bridgehead atoms. The molecule has 13 heavy (non-hydrogen) atoms. The average molecular weight is 183 g/mol. The van der Waals surface area contributed by atoms with Crippen LogP contribution < -0.4 is 11.1 Å². The maximum absolute atomic E-state index is 10.9. The molecule has 0 aromatic heterocycles. The van der Waals surface area contributed by atoms with Crippen molar-refractivity contribution in [1.82, 2.24) is 10.2 Å². The van der Waals surface area contributed by atoms with Crippen LogP contribution in [-0.2, 0) is 0 Å². The molecule has 0 aromatic rings. The molecule has 3 N–H and O–H groups in total. The normalized spacial score (nSPS) is 26.6. The Morgan fingerprint density at radius 3 is 2.46 bits per heavy atom. The smallest absolute Gasteiger partial charge is 0.314 e. The fourth-order valence-electron chi connectivity index (χ4n) is 2.42. The number of hydrogen-bond acceptors (Lipinski definition) is 2. The summed E-state index contributed by atoms with van der Waals surface area (Å²) in [5, 5.41) is 3.39. The Hall–Kier alpha value is -0.770. The van der Waals surface area contributed by atoms with Crippen LogP contribution in [0.4, 0.5) is 4.79 Å². The van der Waals surface area contributed by atoms with E-state index in [1.54, 1.807) is 4.90 Å². The molecule has 1 spiro atoms. The van der Waals surface area contributed by atoms with Crippen LogP contribution in [0.25, 0.3) is 0 Å². The second-order valence-corrected chi connectivity index (χ2v) is 4.25. The third-order valence-corrected chi connectivity index (χ3v) is 3.47. The van der Waals surface area contributed by atoms with Gasteiger partial charge in [0.25, 0.3) is 0 Å². The van der Waals surface area contributed by atoms with Crippen molar-refractivity contribution in [2.24, 2.45) is 11.1 Å². The SMILES string of the molecule is NC(=O)N1CCC2(CCNC2)CC1. The number of carbonyl (C=O) groups is 1. The molecule has 0 atom stereocenters. The Labute approximate surface area is 78.5 Å². The highest BCUT2D eigenvalue weighted by molar-refractivity contribution is 5.72. The summed E-state index contributed by atoms with van der Waals surface area (Å²) in [6.07, 6.45) is 3.49. The predicted molar refractivity (Wildman–Crippen MR) is 50.3 cm³/mol. The maximum Gasteiger partial charge on any atom is 0.314 e. The average Bonchev–Trinajstić information content (AvgIpc) is 2.54. The number of piperidine rings is 1. The van der Waals surface area contributed by atoms with Gasteiger partial charge in [-0.2, -0.15) is 0 Å². The molecule has 4 nitrogen and oxygen atoms in total. The van der Waals surface area contributed by atoms with E-state index in [1.807, 2.05) is 0 Å². The van der Waals surface area contributed by atoms with Crippen LogP contribution in [0, 0.1) is 5.41 Å². The number of carbonyl (C=O) groups excluding carboxylic acids is 1. The summed E-state index contributed by atoms with van der Waals surface area (Å²) in [6, 6.07) is -0.263. The van der Waals surface area contributed by atoms with Crippen LogP contribution in [0.1, 0.15) is 19.3 Å². The Bertz CT molecular complexity index is 201. The van der Waals surface area contributed by atoms with Crippen molar-refractivity contribution in [1.29, 1.82) is 0 Å². The quantitative estimate of drug-likeness (QED) is 0.561. The zero-order valence-electron chi connectivity index (χ0n) is 7.88. The van der Waals surface area contributed by atoms with E-state index >= 15 is 0 Å². The highest BCUT2D eigenvalue weighted by Crippen LogP contribution is 2.36. The molecule has 0 unspecified atom stereocenters. The Kier molecular flexibility index (Phi) is 2.15. The van der Waals surface area contributed by atoms with Crippen LogP contribution in [0.2, 0.25) is 0 Å². The van der Waals surface area contributed by atoms with Gasteiger partial charge in [-0.15, -0.1) is 0 Å². The fourth-order valence-corrected chi connectivity index (χ4v) is 2.42. The fraction of sp³-hybridized carbons (Fsp3) is 0.889. The van der Waals surface area contributed by atoms with Gasteiger partial charge in [0.05, 0.1) is 0 Å². The van der Waals surface area contributed by atoms with Crippen LogP contribution in [0.15, 0.2) is 0 Å². The van der Waals surface area contributed by atoms with Crippen molar-refractivity contribution in [3.63, 3.8) is 0 Å². The lowest BCUT2D eigenvalue weighted by atomic mass is 9.78. The number of amides is 2. The van der Waals surface area contributed by atoms with Crippen molar-refractivity contribution < 1.29 is 4.79 Å². The predicted octanol–water partition coefficient (Wildman–Crippen LogP) is 0.141. The molecule has 2 aliphatic rings. The van der Waals surface area contributed by atoms with Crippen LogP contribution >= 0.6 is 0 Å². The third-order valence-electron chi connectivity index (χ3n) is 3.47.